The summed E-state index contributed by atoms with van der Waals surface area (Å²) in [6.07, 6.45) is 11.4. The van der Waals surface area contributed by atoms with E-state index >= 15 is 0 Å². The second-order valence-electron chi connectivity index (χ2n) is 10.5. The van der Waals surface area contributed by atoms with Gasteiger partial charge in [0.05, 0.1) is 23.7 Å². The van der Waals surface area contributed by atoms with E-state index in [-0.39, 0.29) is 12.0 Å². The Bertz CT molecular complexity index is 1230. The molecule has 4 heterocycles. The first-order valence-electron chi connectivity index (χ1n) is 13.7. The van der Waals surface area contributed by atoms with Crippen molar-refractivity contribution in [3.63, 3.8) is 0 Å². The van der Waals surface area contributed by atoms with Crippen molar-refractivity contribution in [1.29, 1.82) is 0 Å². The van der Waals surface area contributed by atoms with Crippen LogP contribution in [0.3, 0.4) is 0 Å². The van der Waals surface area contributed by atoms with Crippen LogP contribution in [0.15, 0.2) is 18.5 Å². The number of carbonyl (C=O) groups excluding carboxylic acids is 1. The van der Waals surface area contributed by atoms with Gasteiger partial charge in [0, 0.05) is 49.8 Å². The largest absolute Gasteiger partial charge is 0.461 e. The van der Waals surface area contributed by atoms with E-state index in [1.165, 1.54) is 19.3 Å². The zero-order valence-electron chi connectivity index (χ0n) is 22.4. The fourth-order valence-corrected chi connectivity index (χ4v) is 5.56. The Hall–Kier alpha value is -3.07. The molecule has 2 aliphatic rings. The Morgan fingerprint density at radius 1 is 1.14 bits per heavy atom. The van der Waals surface area contributed by atoms with E-state index in [2.05, 4.69) is 23.4 Å². The second kappa shape index (κ2) is 11.1. The smallest absolute Gasteiger partial charge is 0.357 e. The highest BCUT2D eigenvalue weighted by Crippen LogP contribution is 2.38. The molecule has 0 spiro atoms. The van der Waals surface area contributed by atoms with Crippen molar-refractivity contribution in [2.45, 2.75) is 83.7 Å². The number of aromatic nitrogens is 5. The van der Waals surface area contributed by atoms with Crippen LogP contribution in [0.2, 0.25) is 0 Å². The highest BCUT2D eigenvalue weighted by atomic mass is 16.5. The molecule has 1 aliphatic carbocycles. The Kier molecular flexibility index (Phi) is 7.69. The zero-order chi connectivity index (χ0) is 25.9. The molecule has 0 amide bonds. The van der Waals surface area contributed by atoms with Crippen LogP contribution in [0.25, 0.3) is 22.2 Å². The molecule has 3 aromatic rings. The van der Waals surface area contributed by atoms with Crippen molar-refractivity contribution in [2.75, 3.05) is 31.8 Å². The molecule has 0 N–H and O–H groups in total. The van der Waals surface area contributed by atoms with Crippen LogP contribution in [-0.4, -0.2) is 63.6 Å². The molecule has 0 aromatic carbocycles. The molecule has 0 radical (unpaired) electrons. The molecule has 2 fully saturated rings. The summed E-state index contributed by atoms with van der Waals surface area (Å²) in [5.74, 6) is 0.458. The summed E-state index contributed by atoms with van der Waals surface area (Å²) in [4.78, 5) is 29.3. The molecule has 9 heteroatoms. The third kappa shape index (κ3) is 5.19. The Balaban J connectivity index is 1.62. The molecule has 1 saturated heterocycles. The first-order valence-corrected chi connectivity index (χ1v) is 13.7. The topological polar surface area (TPSA) is 95.3 Å². The maximum Gasteiger partial charge on any atom is 0.357 e. The van der Waals surface area contributed by atoms with Crippen molar-refractivity contribution in [3.8, 4) is 11.1 Å². The van der Waals surface area contributed by atoms with Crippen LogP contribution in [0.5, 0.6) is 0 Å². The summed E-state index contributed by atoms with van der Waals surface area (Å²) in [5.41, 5.74) is 3.74. The van der Waals surface area contributed by atoms with Gasteiger partial charge in [-0.1, -0.05) is 33.1 Å². The third-order valence-corrected chi connectivity index (χ3v) is 7.64. The lowest BCUT2D eigenvalue weighted by molar-refractivity contribution is 0.0520. The normalized spacial score (nSPS) is 17.4. The van der Waals surface area contributed by atoms with Gasteiger partial charge in [-0.2, -0.15) is 5.10 Å². The van der Waals surface area contributed by atoms with Gasteiger partial charge in [0.25, 0.3) is 0 Å². The minimum absolute atomic E-state index is 0.196. The van der Waals surface area contributed by atoms with Crippen LogP contribution >= 0.6 is 0 Å². The van der Waals surface area contributed by atoms with Gasteiger partial charge in [0.2, 0.25) is 5.95 Å². The highest BCUT2D eigenvalue weighted by molar-refractivity contribution is 6.00. The average Bonchev–Trinajstić information content (AvgIpc) is 3.33. The number of fused-ring (bicyclic) bond motifs is 1. The Morgan fingerprint density at radius 3 is 2.49 bits per heavy atom. The van der Waals surface area contributed by atoms with E-state index in [1.54, 1.807) is 0 Å². The lowest BCUT2D eigenvalue weighted by atomic mass is 9.95. The predicted molar refractivity (Wildman–Crippen MR) is 143 cm³/mol. The number of hydrogen-bond acceptors (Lipinski definition) is 8. The van der Waals surface area contributed by atoms with Gasteiger partial charge < -0.3 is 14.4 Å². The minimum atomic E-state index is -0.426. The predicted octanol–water partition coefficient (Wildman–Crippen LogP) is 5.31. The van der Waals surface area contributed by atoms with E-state index in [1.807, 2.05) is 32.4 Å². The molecular formula is C28H38N6O3. The van der Waals surface area contributed by atoms with E-state index in [0.29, 0.717) is 24.3 Å². The fraction of sp³-hybridized carbons (Fsp3) is 0.607. The summed E-state index contributed by atoms with van der Waals surface area (Å²) in [6.45, 7) is 7.94. The van der Waals surface area contributed by atoms with Gasteiger partial charge in [-0.15, -0.1) is 0 Å². The summed E-state index contributed by atoms with van der Waals surface area (Å²) in [5, 5.41) is 6.07. The van der Waals surface area contributed by atoms with Gasteiger partial charge >= 0.3 is 5.97 Å². The standard InChI is InChI=1S/C28H38N6O3/c1-5-37-27(35)23-15-22(19-16-29-28(30-17-19)33(4)20-11-13-36-14-12-20)24-25(18(2)3)32-34(26(24)31-23)21-9-7-6-8-10-21/h15-18,20-21H,5-14H2,1-4H3. The SMILES string of the molecule is CCOC(=O)c1cc(-c2cnc(N(C)C3CCOCC3)nc2)c2c(C(C)C)nn(C3CCCCC3)c2n1. The van der Waals surface area contributed by atoms with Crippen molar-refractivity contribution in [1.82, 2.24) is 24.7 Å². The van der Waals surface area contributed by atoms with Gasteiger partial charge in [-0.05, 0) is 44.6 Å². The minimum Gasteiger partial charge on any atom is -0.461 e. The van der Waals surface area contributed by atoms with Gasteiger partial charge in [-0.25, -0.2) is 24.4 Å². The molecule has 5 rings (SSSR count). The summed E-state index contributed by atoms with van der Waals surface area (Å²) < 4.78 is 12.9. The fourth-order valence-electron chi connectivity index (χ4n) is 5.56. The molecule has 0 atom stereocenters. The maximum absolute atomic E-state index is 12.9. The van der Waals surface area contributed by atoms with E-state index < -0.39 is 5.97 Å². The monoisotopic (exact) mass is 506 g/mol. The Labute approximate surface area is 218 Å². The first-order chi connectivity index (χ1) is 18.0. The number of carbonyl (C=O) groups is 1. The van der Waals surface area contributed by atoms with Gasteiger partial charge in [0.15, 0.2) is 11.3 Å². The summed E-state index contributed by atoms with van der Waals surface area (Å²) in [7, 11) is 2.04. The van der Waals surface area contributed by atoms with E-state index in [9.17, 15) is 4.79 Å². The molecule has 37 heavy (non-hydrogen) atoms. The number of esters is 1. The van der Waals surface area contributed by atoms with Crippen LogP contribution in [0.4, 0.5) is 5.95 Å². The lowest BCUT2D eigenvalue weighted by Gasteiger charge is -2.31. The number of rotatable bonds is 7. The molecule has 1 saturated carbocycles. The van der Waals surface area contributed by atoms with Crippen molar-refractivity contribution < 1.29 is 14.3 Å². The van der Waals surface area contributed by atoms with Crippen LogP contribution in [0, 0.1) is 0 Å². The summed E-state index contributed by atoms with van der Waals surface area (Å²) >= 11 is 0. The zero-order valence-corrected chi connectivity index (χ0v) is 22.4. The lowest BCUT2D eigenvalue weighted by Crippen LogP contribution is -2.37. The second-order valence-corrected chi connectivity index (χ2v) is 10.5. The van der Waals surface area contributed by atoms with Crippen molar-refractivity contribution >= 4 is 23.0 Å². The highest BCUT2D eigenvalue weighted by Gasteiger charge is 2.27. The number of anilines is 1. The maximum atomic E-state index is 12.9. The molecule has 9 nitrogen and oxygen atoms in total. The number of ether oxygens (including phenoxy) is 2. The molecule has 198 valence electrons. The van der Waals surface area contributed by atoms with Crippen LogP contribution < -0.4 is 4.90 Å². The Morgan fingerprint density at radius 2 is 1.84 bits per heavy atom. The van der Waals surface area contributed by atoms with E-state index in [4.69, 9.17) is 29.5 Å². The number of nitrogens with zero attached hydrogens (tertiary/aromatic N) is 6. The van der Waals surface area contributed by atoms with Crippen LogP contribution in [-0.2, 0) is 9.47 Å². The first kappa shape index (κ1) is 25.6. The van der Waals surface area contributed by atoms with Crippen LogP contribution in [0.1, 0.15) is 93.9 Å². The number of pyridine rings is 1. The van der Waals surface area contributed by atoms with E-state index in [0.717, 1.165) is 66.8 Å². The molecular weight excluding hydrogens is 468 g/mol. The molecule has 0 bridgehead atoms. The van der Waals surface area contributed by atoms with Crippen molar-refractivity contribution in [2.24, 2.45) is 0 Å². The number of hydrogen-bond donors (Lipinski definition) is 0. The van der Waals surface area contributed by atoms with Gasteiger partial charge in [0.1, 0.15) is 0 Å². The molecule has 1 aliphatic heterocycles. The average molecular weight is 507 g/mol. The van der Waals surface area contributed by atoms with Crippen molar-refractivity contribution in [3.05, 3.63) is 29.8 Å². The third-order valence-electron chi connectivity index (χ3n) is 7.64. The van der Waals surface area contributed by atoms with Gasteiger partial charge in [-0.3, -0.25) is 0 Å². The molecule has 3 aromatic heterocycles. The quantitative estimate of drug-likeness (QED) is 0.398. The summed E-state index contributed by atoms with van der Waals surface area (Å²) in [6, 6.07) is 2.47. The molecule has 0 unspecified atom stereocenters.